The van der Waals surface area contributed by atoms with Crippen LogP contribution in [0.3, 0.4) is 0 Å². The van der Waals surface area contributed by atoms with Gasteiger partial charge in [-0.2, -0.15) is 0 Å². The van der Waals surface area contributed by atoms with Crippen LogP contribution in [0.15, 0.2) is 60.7 Å². The number of aryl methyl sites for hydroxylation is 2. The Morgan fingerprint density at radius 2 is 1.66 bits per heavy atom. The molecule has 1 N–H and O–H groups in total. The fourth-order valence-corrected chi connectivity index (χ4v) is 3.88. The first-order chi connectivity index (χ1) is 13.9. The summed E-state index contributed by atoms with van der Waals surface area (Å²) in [7, 11) is 0. The molecule has 0 fully saturated rings. The van der Waals surface area contributed by atoms with Crippen molar-refractivity contribution < 1.29 is 9.90 Å². The first-order valence-corrected chi connectivity index (χ1v) is 10.2. The first kappa shape index (κ1) is 20.9. The lowest BCUT2D eigenvalue weighted by atomic mass is 9.85. The average Bonchev–Trinajstić information content (AvgIpc) is 2.70. The number of aromatic hydroxyl groups is 1. The third kappa shape index (κ3) is 4.60. The van der Waals surface area contributed by atoms with Gasteiger partial charge in [0.25, 0.3) is 0 Å². The molecule has 3 rings (SSSR count). The van der Waals surface area contributed by atoms with E-state index in [1.807, 2.05) is 24.3 Å². The van der Waals surface area contributed by atoms with E-state index in [1.165, 1.54) is 11.6 Å². The molecular weight excluding hydrogens is 380 g/mol. The highest BCUT2D eigenvalue weighted by molar-refractivity contribution is 6.30. The number of aldehydes is 1. The maximum atomic E-state index is 11.1. The second-order valence-electron chi connectivity index (χ2n) is 7.32. The van der Waals surface area contributed by atoms with Crippen molar-refractivity contribution in [1.29, 1.82) is 0 Å². The molecule has 0 amide bonds. The fraction of sp³-hybridized carbons (Fsp3) is 0.192. The molecule has 0 aromatic heterocycles. The maximum absolute atomic E-state index is 11.1. The molecule has 3 aromatic carbocycles. The zero-order valence-corrected chi connectivity index (χ0v) is 17.8. The second-order valence-corrected chi connectivity index (χ2v) is 7.76. The summed E-state index contributed by atoms with van der Waals surface area (Å²) in [6, 6.07) is 19.3. The highest BCUT2D eigenvalue weighted by Gasteiger charge is 2.18. The van der Waals surface area contributed by atoms with Gasteiger partial charge in [0, 0.05) is 16.1 Å². The highest BCUT2D eigenvalue weighted by Crippen LogP contribution is 2.40. The molecule has 3 heteroatoms. The van der Waals surface area contributed by atoms with E-state index in [0.717, 1.165) is 52.5 Å². The van der Waals surface area contributed by atoms with Gasteiger partial charge in [0.05, 0.1) is 0 Å². The van der Waals surface area contributed by atoms with Crippen molar-refractivity contribution in [2.24, 2.45) is 0 Å². The Labute approximate surface area is 177 Å². The van der Waals surface area contributed by atoms with Gasteiger partial charge in [0.2, 0.25) is 0 Å². The molecule has 148 valence electrons. The van der Waals surface area contributed by atoms with Gasteiger partial charge in [-0.15, -0.1) is 0 Å². The number of phenols is 1. The van der Waals surface area contributed by atoms with Crippen molar-refractivity contribution in [3.05, 3.63) is 99.1 Å². The molecule has 0 unspecified atom stereocenters. The fourth-order valence-electron chi connectivity index (χ4n) is 3.66. The topological polar surface area (TPSA) is 37.3 Å². The van der Waals surface area contributed by atoms with Gasteiger partial charge >= 0.3 is 0 Å². The van der Waals surface area contributed by atoms with E-state index in [9.17, 15) is 9.90 Å². The molecule has 0 bridgehead atoms. The molecule has 3 aromatic rings. The van der Waals surface area contributed by atoms with Crippen LogP contribution in [-0.4, -0.2) is 11.4 Å². The Kier molecular flexibility index (Phi) is 6.56. The van der Waals surface area contributed by atoms with Crippen LogP contribution >= 0.6 is 11.6 Å². The first-order valence-electron chi connectivity index (χ1n) is 9.80. The summed E-state index contributed by atoms with van der Waals surface area (Å²) in [6.07, 6.45) is 2.55. The van der Waals surface area contributed by atoms with Crippen molar-refractivity contribution in [3.8, 4) is 5.75 Å². The third-order valence-electron chi connectivity index (χ3n) is 5.08. The predicted octanol–water partition coefficient (Wildman–Crippen LogP) is 7.23. The number of carbonyl (C=O) groups is 1. The van der Waals surface area contributed by atoms with E-state index in [0.29, 0.717) is 10.6 Å². The smallest absolute Gasteiger partial charge is 0.150 e. The van der Waals surface area contributed by atoms with Crippen molar-refractivity contribution in [3.63, 3.8) is 0 Å². The third-order valence-corrected chi connectivity index (χ3v) is 5.32. The minimum absolute atomic E-state index is 0.102. The Morgan fingerprint density at radius 3 is 2.24 bits per heavy atom. The van der Waals surface area contributed by atoms with Crippen molar-refractivity contribution in [2.45, 2.75) is 33.6 Å². The lowest BCUT2D eigenvalue weighted by molar-refractivity contribution is 0.112. The van der Waals surface area contributed by atoms with Gasteiger partial charge in [0.1, 0.15) is 12.0 Å². The zero-order chi connectivity index (χ0) is 21.0. The van der Waals surface area contributed by atoms with Crippen LogP contribution in [0.4, 0.5) is 0 Å². The zero-order valence-electron chi connectivity index (χ0n) is 17.0. The van der Waals surface area contributed by atoms with Gasteiger partial charge in [-0.05, 0) is 72.4 Å². The van der Waals surface area contributed by atoms with Crippen LogP contribution < -0.4 is 0 Å². The van der Waals surface area contributed by atoms with Crippen molar-refractivity contribution in [1.82, 2.24) is 0 Å². The van der Waals surface area contributed by atoms with E-state index >= 15 is 0 Å². The monoisotopic (exact) mass is 404 g/mol. The number of hydrogen-bond donors (Lipinski definition) is 1. The number of benzene rings is 3. The highest BCUT2D eigenvalue weighted by atomic mass is 35.5. The summed E-state index contributed by atoms with van der Waals surface area (Å²) in [4.78, 5) is 11.1. The van der Waals surface area contributed by atoms with E-state index < -0.39 is 0 Å². The minimum atomic E-state index is 0.102. The molecule has 0 heterocycles. The standard InChI is InChI=1S/C26H25ClO2/c1-4-5-23(22-13-11-21(27)14-18(22)3)26(20-9-6-17(2)7-10-20)24-12-8-19(16-28)15-25(24)29/h6-16,29H,4-5H2,1-3H3/b26-23+. The van der Waals surface area contributed by atoms with E-state index in [2.05, 4.69) is 45.0 Å². The lowest BCUT2D eigenvalue weighted by Crippen LogP contribution is -1.99. The second kappa shape index (κ2) is 9.11. The summed E-state index contributed by atoms with van der Waals surface area (Å²) < 4.78 is 0. The Balaban J connectivity index is 2.37. The van der Waals surface area contributed by atoms with Crippen LogP contribution in [0.25, 0.3) is 11.1 Å². The minimum Gasteiger partial charge on any atom is -0.507 e. The van der Waals surface area contributed by atoms with Crippen molar-refractivity contribution in [2.75, 3.05) is 0 Å². The van der Waals surface area contributed by atoms with Crippen LogP contribution in [-0.2, 0) is 0 Å². The van der Waals surface area contributed by atoms with E-state index in [-0.39, 0.29) is 5.75 Å². The largest absolute Gasteiger partial charge is 0.507 e. The summed E-state index contributed by atoms with van der Waals surface area (Å²) >= 11 is 6.20. The Hall–Kier alpha value is -2.84. The molecule has 0 saturated carbocycles. The predicted molar refractivity (Wildman–Crippen MR) is 122 cm³/mol. The Morgan fingerprint density at radius 1 is 0.966 bits per heavy atom. The quantitative estimate of drug-likeness (QED) is 0.347. The Bertz CT molecular complexity index is 1060. The number of phenolic OH excluding ortho intramolecular Hbond substituents is 1. The summed E-state index contributed by atoms with van der Waals surface area (Å²) in [5.41, 5.74) is 7.72. The van der Waals surface area contributed by atoms with Crippen LogP contribution in [0.2, 0.25) is 5.02 Å². The van der Waals surface area contributed by atoms with Gasteiger partial charge in [-0.1, -0.05) is 66.9 Å². The summed E-state index contributed by atoms with van der Waals surface area (Å²) in [5.74, 6) is 0.102. The molecule has 0 aliphatic carbocycles. The SMILES string of the molecule is CCC/C(=C(/c1ccc(C)cc1)c1ccc(C=O)cc1O)c1ccc(Cl)cc1C. The maximum Gasteiger partial charge on any atom is 0.150 e. The molecule has 0 atom stereocenters. The molecule has 0 aliphatic rings. The van der Waals surface area contributed by atoms with Gasteiger partial charge in [-0.25, -0.2) is 0 Å². The van der Waals surface area contributed by atoms with Crippen molar-refractivity contribution >= 4 is 29.0 Å². The molecule has 29 heavy (non-hydrogen) atoms. The normalized spacial score (nSPS) is 11.9. The molecule has 0 spiro atoms. The van der Waals surface area contributed by atoms with Gasteiger partial charge in [-0.3, -0.25) is 4.79 Å². The number of rotatable bonds is 6. The molecule has 0 saturated heterocycles. The number of hydrogen-bond acceptors (Lipinski definition) is 2. The van der Waals surface area contributed by atoms with Crippen LogP contribution in [0.1, 0.15) is 57.9 Å². The molecular formula is C26H25ClO2. The summed E-state index contributed by atoms with van der Waals surface area (Å²) in [6.45, 7) is 6.26. The van der Waals surface area contributed by atoms with E-state index in [1.54, 1.807) is 6.07 Å². The van der Waals surface area contributed by atoms with Crippen LogP contribution in [0, 0.1) is 13.8 Å². The van der Waals surface area contributed by atoms with Crippen LogP contribution in [0.5, 0.6) is 5.75 Å². The molecule has 0 aliphatic heterocycles. The summed E-state index contributed by atoms with van der Waals surface area (Å²) in [5, 5.41) is 11.5. The number of carbonyl (C=O) groups excluding carboxylic acids is 1. The number of halogens is 1. The number of allylic oxidation sites excluding steroid dienone is 1. The average molecular weight is 405 g/mol. The van der Waals surface area contributed by atoms with Gasteiger partial charge < -0.3 is 5.11 Å². The lowest BCUT2D eigenvalue weighted by Gasteiger charge is -2.20. The van der Waals surface area contributed by atoms with Gasteiger partial charge in [0.15, 0.2) is 0 Å². The molecule has 2 nitrogen and oxygen atoms in total. The van der Waals surface area contributed by atoms with E-state index in [4.69, 9.17) is 11.6 Å². The molecule has 0 radical (unpaired) electrons.